The first-order chi connectivity index (χ1) is 10.6. The molecule has 2 aromatic rings. The molecule has 0 atom stereocenters. The lowest BCUT2D eigenvalue weighted by Gasteiger charge is -2.04. The summed E-state index contributed by atoms with van der Waals surface area (Å²) in [6.07, 6.45) is 4.98. The number of pyridine rings is 1. The van der Waals surface area contributed by atoms with Crippen molar-refractivity contribution in [3.8, 4) is 5.88 Å². The van der Waals surface area contributed by atoms with Crippen LogP contribution in [0.4, 0.5) is 0 Å². The molecule has 2 rings (SSSR count). The van der Waals surface area contributed by atoms with Crippen LogP contribution in [0, 0.1) is 6.92 Å². The number of aryl methyl sites for hydroxylation is 1. The summed E-state index contributed by atoms with van der Waals surface area (Å²) in [7, 11) is 1.57. The van der Waals surface area contributed by atoms with Gasteiger partial charge < -0.3 is 10.1 Å². The number of hydrogen-bond donors (Lipinski definition) is 1. The van der Waals surface area contributed by atoms with Gasteiger partial charge in [0.1, 0.15) is 0 Å². The Labute approximate surface area is 138 Å². The molecule has 0 saturated heterocycles. The first kappa shape index (κ1) is 16.2. The Kier molecular flexibility index (Phi) is 5.72. The number of halogens is 1. The maximum atomic E-state index is 11.8. The van der Waals surface area contributed by atoms with Gasteiger partial charge in [-0.25, -0.2) is 4.98 Å². The van der Waals surface area contributed by atoms with Crippen LogP contribution in [0.25, 0.3) is 6.08 Å². The maximum Gasteiger partial charge on any atom is 0.244 e. The zero-order chi connectivity index (χ0) is 15.9. The fourth-order valence-corrected chi connectivity index (χ4v) is 2.44. The van der Waals surface area contributed by atoms with Gasteiger partial charge in [0.2, 0.25) is 11.8 Å². The number of hydrogen-bond acceptors (Lipinski definition) is 3. The molecule has 1 N–H and O–H groups in total. The van der Waals surface area contributed by atoms with Crippen LogP contribution >= 0.6 is 15.9 Å². The molecule has 0 unspecified atom stereocenters. The SMILES string of the molecule is COc1ccc(CNC(=O)/C=C/c2ccc(C)cc2Br)cn1. The molecule has 1 heterocycles. The summed E-state index contributed by atoms with van der Waals surface area (Å²) in [5.74, 6) is 0.405. The number of amides is 1. The van der Waals surface area contributed by atoms with E-state index >= 15 is 0 Å². The van der Waals surface area contributed by atoms with Gasteiger partial charge in [0.15, 0.2) is 0 Å². The van der Waals surface area contributed by atoms with Crippen molar-refractivity contribution in [1.82, 2.24) is 10.3 Å². The van der Waals surface area contributed by atoms with Crippen molar-refractivity contribution < 1.29 is 9.53 Å². The second-order valence-corrected chi connectivity index (χ2v) is 5.64. The molecule has 1 amide bonds. The van der Waals surface area contributed by atoms with Crippen molar-refractivity contribution in [2.45, 2.75) is 13.5 Å². The molecular weight excluding hydrogens is 344 g/mol. The normalized spacial score (nSPS) is 10.7. The molecule has 0 saturated carbocycles. The monoisotopic (exact) mass is 360 g/mol. The van der Waals surface area contributed by atoms with Crippen molar-refractivity contribution in [2.24, 2.45) is 0 Å². The van der Waals surface area contributed by atoms with Crippen LogP contribution < -0.4 is 10.1 Å². The van der Waals surface area contributed by atoms with Gasteiger partial charge in [0, 0.05) is 29.4 Å². The number of aromatic nitrogens is 1. The van der Waals surface area contributed by atoms with Crippen LogP contribution in [0.3, 0.4) is 0 Å². The van der Waals surface area contributed by atoms with Crippen molar-refractivity contribution in [3.05, 3.63) is 63.8 Å². The predicted molar refractivity (Wildman–Crippen MR) is 90.5 cm³/mol. The minimum Gasteiger partial charge on any atom is -0.481 e. The quantitative estimate of drug-likeness (QED) is 0.830. The van der Waals surface area contributed by atoms with Crippen LogP contribution in [-0.2, 0) is 11.3 Å². The highest BCUT2D eigenvalue weighted by atomic mass is 79.9. The Hall–Kier alpha value is -2.14. The van der Waals surface area contributed by atoms with E-state index in [4.69, 9.17) is 4.74 Å². The number of benzene rings is 1. The minimum atomic E-state index is -0.150. The Balaban J connectivity index is 1.90. The standard InChI is InChI=1S/C17H17BrN2O2/c1-12-3-5-14(15(18)9-12)6-7-16(21)19-10-13-4-8-17(22-2)20-11-13/h3-9,11H,10H2,1-2H3,(H,19,21)/b7-6+. The predicted octanol–water partition coefficient (Wildman–Crippen LogP) is 3.49. The van der Waals surface area contributed by atoms with E-state index in [0.717, 1.165) is 15.6 Å². The summed E-state index contributed by atoms with van der Waals surface area (Å²) in [6.45, 7) is 2.45. The molecule has 114 valence electrons. The van der Waals surface area contributed by atoms with Gasteiger partial charge in [0.05, 0.1) is 7.11 Å². The van der Waals surface area contributed by atoms with Crippen molar-refractivity contribution in [2.75, 3.05) is 7.11 Å². The summed E-state index contributed by atoms with van der Waals surface area (Å²) < 4.78 is 5.96. The summed E-state index contributed by atoms with van der Waals surface area (Å²) in [5, 5.41) is 2.82. The topological polar surface area (TPSA) is 51.2 Å². The zero-order valence-electron chi connectivity index (χ0n) is 12.5. The Morgan fingerprint density at radius 2 is 2.18 bits per heavy atom. The molecule has 1 aromatic carbocycles. The van der Waals surface area contributed by atoms with Crippen molar-refractivity contribution in [1.29, 1.82) is 0 Å². The van der Waals surface area contributed by atoms with Gasteiger partial charge in [-0.2, -0.15) is 0 Å². The highest BCUT2D eigenvalue weighted by Crippen LogP contribution is 2.19. The van der Waals surface area contributed by atoms with Crippen molar-refractivity contribution >= 4 is 27.9 Å². The average molecular weight is 361 g/mol. The van der Waals surface area contributed by atoms with Crippen LogP contribution in [-0.4, -0.2) is 18.0 Å². The minimum absolute atomic E-state index is 0.150. The molecular formula is C17H17BrN2O2. The van der Waals surface area contributed by atoms with E-state index in [1.54, 1.807) is 25.4 Å². The van der Waals surface area contributed by atoms with Gasteiger partial charge in [-0.15, -0.1) is 0 Å². The average Bonchev–Trinajstić information content (AvgIpc) is 2.52. The number of carbonyl (C=O) groups excluding carboxylic acids is 1. The first-order valence-electron chi connectivity index (χ1n) is 6.79. The van der Waals surface area contributed by atoms with Crippen molar-refractivity contribution in [3.63, 3.8) is 0 Å². The molecule has 4 nitrogen and oxygen atoms in total. The molecule has 0 spiro atoms. The Morgan fingerprint density at radius 1 is 1.36 bits per heavy atom. The largest absolute Gasteiger partial charge is 0.481 e. The molecule has 0 bridgehead atoms. The number of rotatable bonds is 5. The van der Waals surface area contributed by atoms with E-state index in [0.29, 0.717) is 12.4 Å². The van der Waals surface area contributed by atoms with Gasteiger partial charge in [0.25, 0.3) is 0 Å². The summed E-state index contributed by atoms with van der Waals surface area (Å²) in [4.78, 5) is 15.9. The third-order valence-electron chi connectivity index (χ3n) is 3.04. The highest BCUT2D eigenvalue weighted by molar-refractivity contribution is 9.10. The first-order valence-corrected chi connectivity index (χ1v) is 7.59. The lowest BCUT2D eigenvalue weighted by molar-refractivity contribution is -0.116. The smallest absolute Gasteiger partial charge is 0.244 e. The summed E-state index contributed by atoms with van der Waals surface area (Å²) in [6, 6.07) is 9.62. The number of nitrogens with zero attached hydrogens (tertiary/aromatic N) is 1. The second-order valence-electron chi connectivity index (χ2n) is 4.78. The second kappa shape index (κ2) is 7.75. The lowest BCUT2D eigenvalue weighted by atomic mass is 10.1. The van der Waals surface area contributed by atoms with E-state index in [1.807, 2.05) is 31.2 Å². The molecule has 0 aliphatic heterocycles. The number of nitrogens with one attached hydrogen (secondary N) is 1. The molecule has 0 fully saturated rings. The van der Waals surface area contributed by atoms with Crippen LogP contribution in [0.5, 0.6) is 5.88 Å². The van der Waals surface area contributed by atoms with E-state index in [-0.39, 0.29) is 5.91 Å². The third kappa shape index (κ3) is 4.70. The molecule has 0 aliphatic rings. The van der Waals surface area contributed by atoms with Crippen LogP contribution in [0.2, 0.25) is 0 Å². The lowest BCUT2D eigenvalue weighted by Crippen LogP contribution is -2.20. The molecule has 1 aromatic heterocycles. The van der Waals surface area contributed by atoms with Gasteiger partial charge in [-0.3, -0.25) is 4.79 Å². The number of carbonyl (C=O) groups is 1. The zero-order valence-corrected chi connectivity index (χ0v) is 14.1. The highest BCUT2D eigenvalue weighted by Gasteiger charge is 2.00. The fraction of sp³-hybridized carbons (Fsp3) is 0.176. The number of ether oxygens (including phenoxy) is 1. The molecule has 0 aliphatic carbocycles. The van der Waals surface area contributed by atoms with Crippen LogP contribution in [0.15, 0.2) is 47.1 Å². The van der Waals surface area contributed by atoms with Gasteiger partial charge in [-0.05, 0) is 35.8 Å². The third-order valence-corrected chi connectivity index (χ3v) is 3.73. The Bertz CT molecular complexity index is 682. The van der Waals surface area contributed by atoms with E-state index in [2.05, 4.69) is 26.2 Å². The maximum absolute atomic E-state index is 11.8. The van der Waals surface area contributed by atoms with E-state index in [1.165, 1.54) is 11.6 Å². The van der Waals surface area contributed by atoms with E-state index < -0.39 is 0 Å². The van der Waals surface area contributed by atoms with Gasteiger partial charge >= 0.3 is 0 Å². The van der Waals surface area contributed by atoms with Gasteiger partial charge in [-0.1, -0.05) is 34.1 Å². The molecule has 0 radical (unpaired) electrons. The van der Waals surface area contributed by atoms with E-state index in [9.17, 15) is 4.79 Å². The summed E-state index contributed by atoms with van der Waals surface area (Å²) >= 11 is 3.48. The molecule has 22 heavy (non-hydrogen) atoms. The van der Waals surface area contributed by atoms with Crippen LogP contribution in [0.1, 0.15) is 16.7 Å². The summed E-state index contributed by atoms with van der Waals surface area (Å²) in [5.41, 5.74) is 3.05. The fourth-order valence-electron chi connectivity index (χ4n) is 1.82. The Morgan fingerprint density at radius 3 is 2.82 bits per heavy atom. The number of methoxy groups -OCH3 is 1. The molecule has 5 heteroatoms.